The predicted octanol–water partition coefficient (Wildman–Crippen LogP) is 4.35. The number of nitrogens with one attached hydrogen (secondary N) is 2. The molecular formula is C25H24N4O2. The Morgan fingerprint density at radius 3 is 2.68 bits per heavy atom. The lowest BCUT2D eigenvalue weighted by Crippen LogP contribution is -2.55. The summed E-state index contributed by atoms with van der Waals surface area (Å²) in [5.74, 6) is -0.0660. The van der Waals surface area contributed by atoms with E-state index in [1.165, 1.54) is 0 Å². The fourth-order valence-corrected chi connectivity index (χ4v) is 5.41. The standard InChI is InChI=1S/C25H24N4O2/c1-31-17-12-10-16(11-13-17)15-29-22-9-5-3-7-19(22)25(20(14-26)23(29)27)18-6-2-4-8-21(18)28-24(25)30/h2,4,6,8,10-13,20,27H,3,5,7,9,15H2,1H3,(H,28,30). The van der Waals surface area contributed by atoms with Gasteiger partial charge in [-0.2, -0.15) is 5.26 Å². The number of carbonyl (C=O) groups excluding carboxylic acids is 1. The summed E-state index contributed by atoms with van der Waals surface area (Å²) < 4.78 is 5.26. The number of hydrogen-bond acceptors (Lipinski definition) is 4. The molecular weight excluding hydrogens is 388 g/mol. The number of rotatable bonds is 3. The third kappa shape index (κ3) is 2.70. The van der Waals surface area contributed by atoms with Crippen LogP contribution in [0, 0.1) is 22.7 Å². The van der Waals surface area contributed by atoms with E-state index < -0.39 is 11.3 Å². The van der Waals surface area contributed by atoms with Gasteiger partial charge in [-0.15, -0.1) is 0 Å². The van der Waals surface area contributed by atoms with Gasteiger partial charge in [-0.05, 0) is 60.6 Å². The Morgan fingerprint density at radius 1 is 1.19 bits per heavy atom. The van der Waals surface area contributed by atoms with E-state index in [0.29, 0.717) is 6.54 Å². The molecule has 2 aliphatic heterocycles. The van der Waals surface area contributed by atoms with Crippen molar-refractivity contribution in [2.45, 2.75) is 37.6 Å². The number of nitrogens with zero attached hydrogens (tertiary/aromatic N) is 2. The van der Waals surface area contributed by atoms with Crippen LogP contribution in [-0.4, -0.2) is 23.8 Å². The van der Waals surface area contributed by atoms with Gasteiger partial charge >= 0.3 is 0 Å². The second-order valence-electron chi connectivity index (χ2n) is 8.32. The van der Waals surface area contributed by atoms with E-state index in [0.717, 1.165) is 59.5 Å². The predicted molar refractivity (Wildman–Crippen MR) is 118 cm³/mol. The van der Waals surface area contributed by atoms with Crippen molar-refractivity contribution in [1.29, 1.82) is 10.7 Å². The molecule has 2 N–H and O–H groups in total. The normalized spacial score (nSPS) is 24.5. The minimum atomic E-state index is -1.10. The number of nitriles is 1. The van der Waals surface area contributed by atoms with Crippen LogP contribution in [0.25, 0.3) is 0 Å². The number of amidine groups is 1. The lowest BCUT2D eigenvalue weighted by atomic mass is 9.60. The fraction of sp³-hybridized carbons (Fsp3) is 0.320. The van der Waals surface area contributed by atoms with Gasteiger partial charge in [-0.1, -0.05) is 30.3 Å². The molecule has 1 amide bonds. The van der Waals surface area contributed by atoms with Gasteiger partial charge in [-0.3, -0.25) is 10.2 Å². The van der Waals surface area contributed by atoms with Crippen molar-refractivity contribution < 1.29 is 9.53 Å². The number of methoxy groups -OCH3 is 1. The van der Waals surface area contributed by atoms with Crippen LogP contribution in [0.5, 0.6) is 5.75 Å². The molecule has 0 saturated heterocycles. The summed E-state index contributed by atoms with van der Waals surface area (Å²) >= 11 is 0. The van der Waals surface area contributed by atoms with E-state index in [9.17, 15) is 10.1 Å². The molecule has 2 unspecified atom stereocenters. The highest BCUT2D eigenvalue weighted by atomic mass is 16.5. The van der Waals surface area contributed by atoms with E-state index in [-0.39, 0.29) is 11.7 Å². The Labute approximate surface area is 181 Å². The van der Waals surface area contributed by atoms with Crippen LogP contribution in [0.2, 0.25) is 0 Å². The van der Waals surface area contributed by atoms with Gasteiger partial charge < -0.3 is 15.0 Å². The number of fused-ring (bicyclic) bond motifs is 3. The zero-order valence-electron chi connectivity index (χ0n) is 17.4. The SMILES string of the molecule is COc1ccc(CN2C(=N)C(C#N)C3(C(=O)Nc4ccccc43)C3=C2CCCC3)cc1. The number of ether oxygens (including phenoxy) is 1. The molecule has 1 aliphatic carbocycles. The first kappa shape index (κ1) is 19.4. The Kier molecular flexibility index (Phi) is 4.55. The van der Waals surface area contributed by atoms with Gasteiger partial charge in [0.2, 0.25) is 5.91 Å². The van der Waals surface area contributed by atoms with Crippen molar-refractivity contribution in [3.63, 3.8) is 0 Å². The van der Waals surface area contributed by atoms with Gasteiger partial charge in [0.1, 0.15) is 22.9 Å². The summed E-state index contributed by atoms with van der Waals surface area (Å²) in [7, 11) is 1.63. The van der Waals surface area contributed by atoms with Gasteiger partial charge in [0.05, 0.1) is 13.2 Å². The second kappa shape index (κ2) is 7.28. The molecule has 6 nitrogen and oxygen atoms in total. The molecule has 2 aromatic rings. The van der Waals surface area contributed by atoms with Crippen LogP contribution in [0.4, 0.5) is 5.69 Å². The lowest BCUT2D eigenvalue weighted by molar-refractivity contribution is -0.120. The zero-order valence-corrected chi connectivity index (χ0v) is 17.4. The van der Waals surface area contributed by atoms with Crippen molar-refractivity contribution >= 4 is 17.4 Å². The van der Waals surface area contributed by atoms with Gasteiger partial charge in [0.15, 0.2) is 0 Å². The molecule has 2 atom stereocenters. The van der Waals surface area contributed by atoms with E-state index in [4.69, 9.17) is 10.1 Å². The van der Waals surface area contributed by atoms with Crippen molar-refractivity contribution in [2.24, 2.45) is 5.92 Å². The third-order valence-corrected chi connectivity index (χ3v) is 6.82. The van der Waals surface area contributed by atoms with E-state index in [2.05, 4.69) is 11.4 Å². The Hall–Kier alpha value is -3.59. The van der Waals surface area contributed by atoms with Crippen LogP contribution >= 0.6 is 0 Å². The second-order valence-corrected chi connectivity index (χ2v) is 8.32. The van der Waals surface area contributed by atoms with Crippen LogP contribution in [0.15, 0.2) is 59.8 Å². The van der Waals surface area contributed by atoms with Crippen LogP contribution in [0.3, 0.4) is 0 Å². The molecule has 0 saturated carbocycles. The summed E-state index contributed by atoms with van der Waals surface area (Å²) in [4.78, 5) is 15.4. The molecule has 5 rings (SSSR count). The fourth-order valence-electron chi connectivity index (χ4n) is 5.41. The zero-order chi connectivity index (χ0) is 21.6. The van der Waals surface area contributed by atoms with Gasteiger partial charge in [0.25, 0.3) is 0 Å². The monoisotopic (exact) mass is 412 g/mol. The molecule has 0 bridgehead atoms. The largest absolute Gasteiger partial charge is 0.497 e. The number of allylic oxidation sites excluding steroid dienone is 1. The maximum atomic E-state index is 13.5. The molecule has 2 aromatic carbocycles. The highest BCUT2D eigenvalue weighted by Crippen LogP contribution is 2.55. The number of benzene rings is 2. The molecule has 0 radical (unpaired) electrons. The number of para-hydroxylation sites is 1. The molecule has 1 spiro atoms. The molecule has 156 valence electrons. The summed E-state index contributed by atoms with van der Waals surface area (Å²) in [6.45, 7) is 0.499. The Morgan fingerprint density at radius 2 is 1.94 bits per heavy atom. The minimum absolute atomic E-state index is 0.177. The average molecular weight is 412 g/mol. The topological polar surface area (TPSA) is 89.2 Å². The molecule has 3 aliphatic rings. The van der Waals surface area contributed by atoms with Crippen LogP contribution < -0.4 is 10.1 Å². The van der Waals surface area contributed by atoms with Crippen molar-refractivity contribution in [2.75, 3.05) is 12.4 Å². The quantitative estimate of drug-likeness (QED) is 0.785. The minimum Gasteiger partial charge on any atom is -0.497 e. The first-order valence-corrected chi connectivity index (χ1v) is 10.6. The Balaban J connectivity index is 1.67. The molecule has 31 heavy (non-hydrogen) atoms. The summed E-state index contributed by atoms with van der Waals surface area (Å²) in [5, 5.41) is 22.3. The van der Waals surface area contributed by atoms with E-state index in [1.54, 1.807) is 7.11 Å². The van der Waals surface area contributed by atoms with Gasteiger partial charge in [0, 0.05) is 17.9 Å². The molecule has 2 heterocycles. The first-order valence-electron chi connectivity index (χ1n) is 10.6. The van der Waals surface area contributed by atoms with Crippen LogP contribution in [0.1, 0.15) is 36.8 Å². The maximum absolute atomic E-state index is 13.5. The van der Waals surface area contributed by atoms with Gasteiger partial charge in [-0.25, -0.2) is 0 Å². The highest BCUT2D eigenvalue weighted by Gasteiger charge is 2.60. The van der Waals surface area contributed by atoms with E-state index in [1.807, 2.05) is 53.4 Å². The summed E-state index contributed by atoms with van der Waals surface area (Å²) in [6, 6.07) is 17.7. The average Bonchev–Trinajstić information content (AvgIpc) is 3.10. The Bertz CT molecular complexity index is 1140. The number of carbonyl (C=O) groups is 1. The highest BCUT2D eigenvalue weighted by molar-refractivity contribution is 6.13. The number of amides is 1. The lowest BCUT2D eigenvalue weighted by Gasteiger charge is -2.47. The van der Waals surface area contributed by atoms with Crippen molar-refractivity contribution in [3.05, 3.63) is 70.9 Å². The molecule has 0 fully saturated rings. The molecule has 6 heteroatoms. The van der Waals surface area contributed by atoms with E-state index >= 15 is 0 Å². The van der Waals surface area contributed by atoms with Crippen LogP contribution in [-0.2, 0) is 16.8 Å². The number of hydrogen-bond donors (Lipinski definition) is 2. The molecule has 0 aromatic heterocycles. The third-order valence-electron chi connectivity index (χ3n) is 6.82. The first-order chi connectivity index (χ1) is 15.1. The van der Waals surface area contributed by atoms with Crippen molar-refractivity contribution in [3.8, 4) is 11.8 Å². The number of anilines is 1. The summed E-state index contributed by atoms with van der Waals surface area (Å²) in [5.41, 5.74) is 3.56. The van der Waals surface area contributed by atoms with Crippen molar-refractivity contribution in [1.82, 2.24) is 4.90 Å². The summed E-state index contributed by atoms with van der Waals surface area (Å²) in [6.07, 6.45) is 3.57. The maximum Gasteiger partial charge on any atom is 0.241 e. The smallest absolute Gasteiger partial charge is 0.241 e.